The van der Waals surface area contributed by atoms with Crippen molar-refractivity contribution in [1.82, 2.24) is 19.9 Å². The largest absolute Gasteiger partial charge is 0.495 e. The highest BCUT2D eigenvalue weighted by Crippen LogP contribution is 2.42. The van der Waals surface area contributed by atoms with Crippen molar-refractivity contribution in [3.63, 3.8) is 0 Å². The Morgan fingerprint density at radius 2 is 2.20 bits per heavy atom. The Labute approximate surface area is 178 Å². The zero-order valence-electron chi connectivity index (χ0n) is 17.1. The third-order valence-electron chi connectivity index (χ3n) is 5.60. The first-order valence-electron chi connectivity index (χ1n) is 10.1. The molecule has 0 bridgehead atoms. The van der Waals surface area contributed by atoms with Gasteiger partial charge >= 0.3 is 0 Å². The zero-order chi connectivity index (χ0) is 20.7. The molecule has 0 amide bonds. The standard InChI is InChI=1S/C22H25N5O2S/c1-13-6-14-8-19(30-21(14)18(7-13)28-2)17-9-16(11-29-10-15-4-3-5-24-15)27-20(17)22(23)25-12-26-27/h6-9,12,15,24H,3-5,10-11H2,1-2H3,(H2,23,25,26). The highest BCUT2D eigenvalue weighted by molar-refractivity contribution is 7.22. The Kier molecular flexibility index (Phi) is 5.06. The number of rotatable bonds is 6. The molecular formula is C22H25N5O2S. The number of benzene rings is 1. The van der Waals surface area contributed by atoms with Crippen LogP contribution in [-0.4, -0.2) is 40.9 Å². The van der Waals surface area contributed by atoms with Crippen LogP contribution in [0.1, 0.15) is 24.1 Å². The molecule has 5 rings (SSSR count). The van der Waals surface area contributed by atoms with Crippen molar-refractivity contribution in [2.45, 2.75) is 32.4 Å². The van der Waals surface area contributed by atoms with E-state index in [1.54, 1.807) is 18.4 Å². The number of methoxy groups -OCH3 is 1. The van der Waals surface area contributed by atoms with Gasteiger partial charge in [-0.2, -0.15) is 5.10 Å². The van der Waals surface area contributed by atoms with Crippen LogP contribution in [0.5, 0.6) is 5.75 Å². The quantitative estimate of drug-likeness (QED) is 0.491. The number of nitrogen functional groups attached to an aromatic ring is 1. The second-order valence-corrected chi connectivity index (χ2v) is 8.81. The van der Waals surface area contributed by atoms with Gasteiger partial charge in [0.2, 0.25) is 0 Å². The molecule has 156 valence electrons. The number of aryl methyl sites for hydroxylation is 1. The highest BCUT2D eigenvalue weighted by Gasteiger charge is 2.19. The van der Waals surface area contributed by atoms with E-state index in [0.29, 0.717) is 25.1 Å². The fourth-order valence-corrected chi connectivity index (χ4v) is 5.33. The van der Waals surface area contributed by atoms with E-state index in [1.165, 1.54) is 18.3 Å². The maximum Gasteiger partial charge on any atom is 0.152 e. The van der Waals surface area contributed by atoms with Gasteiger partial charge < -0.3 is 20.5 Å². The second kappa shape index (κ2) is 7.86. The summed E-state index contributed by atoms with van der Waals surface area (Å²) in [6.07, 6.45) is 3.87. The number of nitrogens with one attached hydrogen (secondary N) is 1. The first-order valence-corrected chi connectivity index (χ1v) is 11.0. The first-order chi connectivity index (χ1) is 14.6. The minimum absolute atomic E-state index is 0.439. The summed E-state index contributed by atoms with van der Waals surface area (Å²) in [6, 6.07) is 8.98. The van der Waals surface area contributed by atoms with Crippen molar-refractivity contribution >= 4 is 32.8 Å². The Bertz CT molecular complexity index is 1210. The molecule has 4 heterocycles. The van der Waals surface area contributed by atoms with E-state index in [1.807, 2.05) is 4.52 Å². The van der Waals surface area contributed by atoms with Crippen LogP contribution < -0.4 is 15.8 Å². The summed E-state index contributed by atoms with van der Waals surface area (Å²) in [5, 5.41) is 9.07. The summed E-state index contributed by atoms with van der Waals surface area (Å²) in [7, 11) is 1.71. The van der Waals surface area contributed by atoms with Crippen LogP contribution in [0.4, 0.5) is 5.82 Å². The van der Waals surface area contributed by atoms with Gasteiger partial charge in [0.1, 0.15) is 17.6 Å². The average Bonchev–Trinajstić information content (AvgIpc) is 3.46. The summed E-state index contributed by atoms with van der Waals surface area (Å²) in [4.78, 5) is 5.33. The van der Waals surface area contributed by atoms with Gasteiger partial charge in [-0.3, -0.25) is 0 Å². The summed E-state index contributed by atoms with van der Waals surface area (Å²) in [5.41, 5.74) is 10.2. The number of ether oxygens (including phenoxy) is 2. The van der Waals surface area contributed by atoms with Crippen molar-refractivity contribution in [1.29, 1.82) is 0 Å². The zero-order valence-corrected chi connectivity index (χ0v) is 18.0. The molecular weight excluding hydrogens is 398 g/mol. The molecule has 1 fully saturated rings. The predicted molar refractivity (Wildman–Crippen MR) is 120 cm³/mol. The van der Waals surface area contributed by atoms with Gasteiger partial charge in [-0.1, -0.05) is 6.07 Å². The van der Waals surface area contributed by atoms with Gasteiger partial charge in [-0.25, -0.2) is 9.50 Å². The van der Waals surface area contributed by atoms with E-state index >= 15 is 0 Å². The van der Waals surface area contributed by atoms with E-state index < -0.39 is 0 Å². The number of anilines is 1. The van der Waals surface area contributed by atoms with Gasteiger partial charge in [0.15, 0.2) is 5.82 Å². The molecule has 1 aromatic carbocycles. The monoisotopic (exact) mass is 423 g/mol. The number of aromatic nitrogens is 3. The Morgan fingerprint density at radius 1 is 1.30 bits per heavy atom. The number of hydrogen-bond acceptors (Lipinski definition) is 7. The molecule has 1 atom stereocenters. The maximum atomic E-state index is 6.27. The van der Waals surface area contributed by atoms with Crippen molar-refractivity contribution in [3.05, 3.63) is 41.9 Å². The van der Waals surface area contributed by atoms with E-state index in [2.05, 4.69) is 46.6 Å². The molecule has 1 unspecified atom stereocenters. The van der Waals surface area contributed by atoms with Crippen LogP contribution in [0, 0.1) is 6.92 Å². The van der Waals surface area contributed by atoms with Crippen LogP contribution in [0.15, 0.2) is 30.6 Å². The molecule has 4 aromatic rings. The number of thiophene rings is 1. The fraction of sp³-hybridized carbons (Fsp3) is 0.364. The van der Waals surface area contributed by atoms with Gasteiger partial charge in [0, 0.05) is 16.5 Å². The topological polar surface area (TPSA) is 86.7 Å². The van der Waals surface area contributed by atoms with E-state index in [9.17, 15) is 0 Å². The molecule has 0 radical (unpaired) electrons. The molecule has 0 saturated carbocycles. The van der Waals surface area contributed by atoms with Crippen LogP contribution in [0.2, 0.25) is 0 Å². The lowest BCUT2D eigenvalue weighted by atomic mass is 10.1. The minimum atomic E-state index is 0.439. The van der Waals surface area contributed by atoms with Crippen molar-refractivity contribution in [2.75, 3.05) is 26.0 Å². The van der Waals surface area contributed by atoms with Crippen LogP contribution in [0.3, 0.4) is 0 Å². The lowest BCUT2D eigenvalue weighted by molar-refractivity contribution is 0.0999. The van der Waals surface area contributed by atoms with E-state index in [4.69, 9.17) is 15.2 Å². The molecule has 8 heteroatoms. The van der Waals surface area contributed by atoms with Crippen molar-refractivity contribution < 1.29 is 9.47 Å². The molecule has 0 spiro atoms. The molecule has 0 aliphatic carbocycles. The summed E-state index contributed by atoms with van der Waals surface area (Å²) in [6.45, 7) is 4.32. The van der Waals surface area contributed by atoms with Crippen LogP contribution in [-0.2, 0) is 11.3 Å². The fourth-order valence-electron chi connectivity index (χ4n) is 4.18. The lowest BCUT2D eigenvalue weighted by Crippen LogP contribution is -2.26. The predicted octanol–water partition coefficient (Wildman–Crippen LogP) is 3.78. The van der Waals surface area contributed by atoms with Gasteiger partial charge in [-0.15, -0.1) is 11.3 Å². The first kappa shape index (κ1) is 19.3. The van der Waals surface area contributed by atoms with Crippen LogP contribution >= 0.6 is 11.3 Å². The summed E-state index contributed by atoms with van der Waals surface area (Å²) >= 11 is 1.69. The third-order valence-corrected chi connectivity index (χ3v) is 6.80. The number of hydrogen-bond donors (Lipinski definition) is 2. The summed E-state index contributed by atoms with van der Waals surface area (Å²) in [5.74, 6) is 1.35. The van der Waals surface area contributed by atoms with Crippen molar-refractivity contribution in [3.8, 4) is 16.2 Å². The van der Waals surface area contributed by atoms with E-state index in [0.717, 1.165) is 50.5 Å². The third kappa shape index (κ3) is 3.40. The van der Waals surface area contributed by atoms with Crippen LogP contribution in [0.25, 0.3) is 26.0 Å². The van der Waals surface area contributed by atoms with Gasteiger partial charge in [0.25, 0.3) is 0 Å². The summed E-state index contributed by atoms with van der Waals surface area (Å²) < 4.78 is 14.6. The maximum absolute atomic E-state index is 6.27. The molecule has 1 aliphatic heterocycles. The van der Waals surface area contributed by atoms with Crippen molar-refractivity contribution in [2.24, 2.45) is 0 Å². The minimum Gasteiger partial charge on any atom is -0.495 e. The molecule has 3 aromatic heterocycles. The molecule has 30 heavy (non-hydrogen) atoms. The molecule has 1 saturated heterocycles. The lowest BCUT2D eigenvalue weighted by Gasteiger charge is -2.10. The SMILES string of the molecule is COc1cc(C)cc2cc(-c3cc(COCC4CCCN4)n4ncnc(N)c34)sc12. The molecule has 3 N–H and O–H groups in total. The number of nitrogens with zero attached hydrogens (tertiary/aromatic N) is 3. The normalized spacial score (nSPS) is 16.7. The molecule has 1 aliphatic rings. The Hall–Kier alpha value is -2.68. The van der Waals surface area contributed by atoms with Gasteiger partial charge in [-0.05, 0) is 55.5 Å². The Morgan fingerprint density at radius 3 is 3.00 bits per heavy atom. The number of fused-ring (bicyclic) bond motifs is 2. The van der Waals surface area contributed by atoms with Gasteiger partial charge in [0.05, 0.1) is 30.7 Å². The van der Waals surface area contributed by atoms with E-state index in [-0.39, 0.29) is 0 Å². The Balaban J connectivity index is 1.55. The number of nitrogens with two attached hydrogens (primary N) is 1. The second-order valence-electron chi connectivity index (χ2n) is 7.76. The average molecular weight is 424 g/mol. The smallest absolute Gasteiger partial charge is 0.152 e. The molecule has 7 nitrogen and oxygen atoms in total. The highest BCUT2D eigenvalue weighted by atomic mass is 32.1.